The fraction of sp³-hybridized carbons (Fsp3) is 0.600. The second-order valence-corrected chi connectivity index (χ2v) is 7.01. The summed E-state index contributed by atoms with van der Waals surface area (Å²) in [6, 6.07) is 7.13. The topological polar surface area (TPSA) is 49.4 Å². The second kappa shape index (κ2) is 8.27. The number of nitrogens with one attached hydrogen (secondary N) is 1. The Kier molecular flexibility index (Phi) is 7.02. The Morgan fingerprint density at radius 1 is 1.10 bits per heavy atom. The van der Waals surface area contributed by atoms with Gasteiger partial charge >= 0.3 is 0 Å². The van der Waals surface area contributed by atoms with Crippen LogP contribution in [0.3, 0.4) is 0 Å². The number of benzene rings is 1. The smallest absolute Gasteiger partial charge is 0.180 e. The number of anilines is 1. The van der Waals surface area contributed by atoms with E-state index < -0.39 is 9.84 Å². The molecule has 0 atom stereocenters. The van der Waals surface area contributed by atoms with Gasteiger partial charge in [0, 0.05) is 13.1 Å². The molecule has 0 unspecified atom stereocenters. The minimum absolute atomic E-state index is 0.128. The van der Waals surface area contributed by atoms with E-state index in [1.165, 1.54) is 0 Å². The molecule has 114 valence electrons. The van der Waals surface area contributed by atoms with Gasteiger partial charge in [-0.3, -0.25) is 0 Å². The van der Waals surface area contributed by atoms with Crippen LogP contribution in [0.1, 0.15) is 27.2 Å². The highest BCUT2D eigenvalue weighted by Gasteiger charge is 2.15. The number of rotatable bonds is 9. The maximum Gasteiger partial charge on any atom is 0.180 e. The number of para-hydroxylation sites is 1. The molecule has 0 fully saturated rings. The van der Waals surface area contributed by atoms with E-state index in [2.05, 4.69) is 24.1 Å². The Morgan fingerprint density at radius 2 is 1.80 bits per heavy atom. The lowest BCUT2D eigenvalue weighted by Gasteiger charge is -2.20. The second-order valence-electron chi connectivity index (χ2n) is 4.76. The van der Waals surface area contributed by atoms with E-state index in [9.17, 15) is 8.42 Å². The van der Waals surface area contributed by atoms with Gasteiger partial charge in [0.05, 0.1) is 16.3 Å². The summed E-state index contributed by atoms with van der Waals surface area (Å²) < 4.78 is 24.1. The summed E-state index contributed by atoms with van der Waals surface area (Å²) in [6.07, 6.45) is 1.13. The molecule has 0 heterocycles. The lowest BCUT2D eigenvalue weighted by Crippen LogP contribution is -2.29. The first kappa shape index (κ1) is 17.0. The molecule has 0 saturated carbocycles. The first-order valence-corrected chi connectivity index (χ1v) is 8.98. The predicted octanol–water partition coefficient (Wildman–Crippen LogP) is 2.62. The van der Waals surface area contributed by atoms with E-state index in [1.54, 1.807) is 19.1 Å². The largest absolute Gasteiger partial charge is 0.383 e. The van der Waals surface area contributed by atoms with Gasteiger partial charge in [-0.1, -0.05) is 32.9 Å². The molecule has 1 aromatic carbocycles. The predicted molar refractivity (Wildman–Crippen MR) is 85.1 cm³/mol. The fourth-order valence-corrected chi connectivity index (χ4v) is 3.20. The van der Waals surface area contributed by atoms with Crippen molar-refractivity contribution in [2.45, 2.75) is 32.1 Å². The quantitative estimate of drug-likeness (QED) is 0.761. The van der Waals surface area contributed by atoms with Crippen LogP contribution in [0.4, 0.5) is 5.69 Å². The van der Waals surface area contributed by atoms with Crippen LogP contribution in [0.25, 0.3) is 0 Å². The molecule has 1 N–H and O–H groups in total. The molecular weight excluding hydrogens is 272 g/mol. The molecule has 4 nitrogen and oxygen atoms in total. The van der Waals surface area contributed by atoms with Crippen molar-refractivity contribution in [1.29, 1.82) is 0 Å². The van der Waals surface area contributed by atoms with Gasteiger partial charge in [0.15, 0.2) is 9.84 Å². The lowest BCUT2D eigenvalue weighted by molar-refractivity contribution is 0.300. The van der Waals surface area contributed by atoms with Crippen LogP contribution in [-0.4, -0.2) is 45.2 Å². The Hall–Kier alpha value is -1.07. The van der Waals surface area contributed by atoms with E-state index in [0.29, 0.717) is 10.6 Å². The monoisotopic (exact) mass is 298 g/mol. The first-order chi connectivity index (χ1) is 9.55. The van der Waals surface area contributed by atoms with Gasteiger partial charge in [0.25, 0.3) is 0 Å². The van der Waals surface area contributed by atoms with Gasteiger partial charge in [-0.25, -0.2) is 8.42 Å². The minimum atomic E-state index is -3.17. The van der Waals surface area contributed by atoms with Gasteiger partial charge < -0.3 is 10.2 Å². The van der Waals surface area contributed by atoms with E-state index in [-0.39, 0.29) is 5.75 Å². The molecule has 0 aromatic heterocycles. The maximum absolute atomic E-state index is 12.0. The molecule has 0 saturated heterocycles. The van der Waals surface area contributed by atoms with E-state index in [4.69, 9.17) is 0 Å². The van der Waals surface area contributed by atoms with Crippen LogP contribution in [0.5, 0.6) is 0 Å². The Morgan fingerprint density at radius 3 is 2.40 bits per heavy atom. The zero-order valence-corrected chi connectivity index (χ0v) is 13.5. The molecule has 1 aromatic rings. The summed E-state index contributed by atoms with van der Waals surface area (Å²) in [6.45, 7) is 9.75. The van der Waals surface area contributed by atoms with Crippen molar-refractivity contribution in [2.24, 2.45) is 0 Å². The molecule has 0 aliphatic heterocycles. The Balaban J connectivity index is 2.69. The summed E-state index contributed by atoms with van der Waals surface area (Å²) in [4.78, 5) is 2.75. The number of hydrogen-bond acceptors (Lipinski definition) is 4. The highest BCUT2D eigenvalue weighted by molar-refractivity contribution is 7.91. The molecule has 0 amide bonds. The third-order valence-corrected chi connectivity index (χ3v) is 5.12. The average molecular weight is 298 g/mol. The molecule has 5 heteroatoms. The van der Waals surface area contributed by atoms with Crippen LogP contribution in [0.2, 0.25) is 0 Å². The first-order valence-electron chi connectivity index (χ1n) is 7.33. The van der Waals surface area contributed by atoms with E-state index in [0.717, 1.165) is 32.6 Å². The molecule has 0 spiro atoms. The summed E-state index contributed by atoms with van der Waals surface area (Å²) in [5.74, 6) is 0.128. The van der Waals surface area contributed by atoms with Gasteiger partial charge in [0.1, 0.15) is 0 Å². The van der Waals surface area contributed by atoms with E-state index >= 15 is 0 Å². The molecular formula is C15H26N2O2S. The number of likely N-dealkylation sites (N-methyl/N-ethyl adjacent to an activating group) is 1. The minimum Gasteiger partial charge on any atom is -0.383 e. The lowest BCUT2D eigenvalue weighted by atomic mass is 10.3. The summed E-state index contributed by atoms with van der Waals surface area (Å²) in [5, 5.41) is 3.26. The zero-order valence-electron chi connectivity index (χ0n) is 12.7. The third kappa shape index (κ3) is 4.80. The van der Waals surface area contributed by atoms with Crippen LogP contribution >= 0.6 is 0 Å². The zero-order chi connectivity index (χ0) is 15.0. The standard InChI is InChI=1S/C15H26N2O2S/c1-4-12-17(5-2)13-11-16-14-9-7-8-10-15(14)20(18,19)6-3/h7-10,16H,4-6,11-13H2,1-3H3. The Labute approximate surface area is 123 Å². The van der Waals surface area contributed by atoms with Gasteiger partial charge in [-0.2, -0.15) is 0 Å². The molecule has 0 aliphatic rings. The summed E-state index contributed by atoms with van der Waals surface area (Å²) >= 11 is 0. The molecule has 0 aliphatic carbocycles. The molecule has 0 bridgehead atoms. The van der Waals surface area contributed by atoms with Gasteiger partial charge in [-0.15, -0.1) is 0 Å². The highest BCUT2D eigenvalue weighted by atomic mass is 32.2. The maximum atomic E-state index is 12.0. The van der Waals surface area contributed by atoms with Gasteiger partial charge in [0.2, 0.25) is 0 Å². The summed E-state index contributed by atoms with van der Waals surface area (Å²) in [5.41, 5.74) is 0.710. The highest BCUT2D eigenvalue weighted by Crippen LogP contribution is 2.21. The molecule has 1 rings (SSSR count). The fourth-order valence-electron chi connectivity index (χ4n) is 2.13. The normalized spacial score (nSPS) is 11.8. The van der Waals surface area contributed by atoms with Crippen molar-refractivity contribution in [3.63, 3.8) is 0 Å². The van der Waals surface area contributed by atoms with Crippen LogP contribution < -0.4 is 5.32 Å². The van der Waals surface area contributed by atoms with Crippen LogP contribution in [0, 0.1) is 0 Å². The van der Waals surface area contributed by atoms with Crippen molar-refractivity contribution in [3.8, 4) is 0 Å². The van der Waals surface area contributed by atoms with Crippen molar-refractivity contribution in [2.75, 3.05) is 37.2 Å². The SMILES string of the molecule is CCCN(CC)CCNc1ccccc1S(=O)(=O)CC. The van der Waals surface area contributed by atoms with E-state index in [1.807, 2.05) is 12.1 Å². The van der Waals surface area contributed by atoms with Gasteiger partial charge in [-0.05, 0) is 31.6 Å². The number of nitrogens with zero attached hydrogens (tertiary/aromatic N) is 1. The Bertz CT molecular complexity index is 500. The van der Waals surface area contributed by atoms with Crippen molar-refractivity contribution in [3.05, 3.63) is 24.3 Å². The average Bonchev–Trinajstić information content (AvgIpc) is 2.46. The summed E-state index contributed by atoms with van der Waals surface area (Å²) in [7, 11) is -3.17. The number of hydrogen-bond donors (Lipinski definition) is 1. The third-order valence-electron chi connectivity index (χ3n) is 3.33. The molecule has 20 heavy (non-hydrogen) atoms. The van der Waals surface area contributed by atoms with Crippen LogP contribution in [-0.2, 0) is 9.84 Å². The van der Waals surface area contributed by atoms with Crippen molar-refractivity contribution in [1.82, 2.24) is 4.90 Å². The van der Waals surface area contributed by atoms with Crippen molar-refractivity contribution < 1.29 is 8.42 Å². The number of sulfone groups is 1. The molecule has 0 radical (unpaired) electrons. The van der Waals surface area contributed by atoms with Crippen molar-refractivity contribution >= 4 is 15.5 Å². The van der Waals surface area contributed by atoms with Crippen LogP contribution in [0.15, 0.2) is 29.2 Å².